The summed E-state index contributed by atoms with van der Waals surface area (Å²) in [5.41, 5.74) is 3.08. The van der Waals surface area contributed by atoms with Crippen LogP contribution in [0.5, 0.6) is 0 Å². The number of nitrogens with one attached hydrogen (secondary N) is 1. The molecule has 3 rings (SSSR count). The molecule has 0 unspecified atom stereocenters. The van der Waals surface area contributed by atoms with Crippen molar-refractivity contribution in [3.8, 4) is 6.07 Å². The van der Waals surface area contributed by atoms with Crippen molar-refractivity contribution in [1.29, 1.82) is 5.26 Å². The summed E-state index contributed by atoms with van der Waals surface area (Å²) in [5.74, 6) is 0.0289. The number of aromatic nitrogens is 1. The van der Waals surface area contributed by atoms with Crippen molar-refractivity contribution >= 4 is 11.7 Å². The molecule has 1 N–H and O–H groups in total. The molecule has 2 aromatic rings. The predicted octanol–water partition coefficient (Wildman–Crippen LogP) is 3.21. The van der Waals surface area contributed by atoms with Gasteiger partial charge in [-0.25, -0.2) is 4.39 Å². The van der Waals surface area contributed by atoms with E-state index in [-0.39, 0.29) is 30.5 Å². The van der Waals surface area contributed by atoms with Gasteiger partial charge in [-0.05, 0) is 51.0 Å². The third-order valence-electron chi connectivity index (χ3n) is 5.32. The maximum atomic E-state index is 13.2. The number of hydrogen-bond donors (Lipinski definition) is 1. The Labute approximate surface area is 170 Å². The zero-order chi connectivity index (χ0) is 21.1. The van der Waals surface area contributed by atoms with E-state index in [1.54, 1.807) is 12.1 Å². The Morgan fingerprint density at radius 1 is 1.24 bits per heavy atom. The van der Waals surface area contributed by atoms with E-state index in [4.69, 9.17) is 4.74 Å². The fraction of sp³-hybridized carbons (Fsp3) is 0.455. The molecule has 6 nitrogen and oxygen atoms in total. The summed E-state index contributed by atoms with van der Waals surface area (Å²) in [6.45, 7) is 9.84. The van der Waals surface area contributed by atoms with E-state index in [1.807, 2.05) is 32.3 Å². The van der Waals surface area contributed by atoms with E-state index in [9.17, 15) is 14.4 Å². The largest absolute Gasteiger partial charge is 0.373 e. The summed E-state index contributed by atoms with van der Waals surface area (Å²) in [6.07, 6.45) is 0.154. The van der Waals surface area contributed by atoms with Crippen molar-refractivity contribution < 1.29 is 13.9 Å². The Morgan fingerprint density at radius 3 is 2.45 bits per heavy atom. The van der Waals surface area contributed by atoms with Gasteiger partial charge in [0.1, 0.15) is 17.7 Å². The van der Waals surface area contributed by atoms with Gasteiger partial charge in [0.25, 0.3) is 0 Å². The number of nitriles is 1. The van der Waals surface area contributed by atoms with Gasteiger partial charge in [0.05, 0.1) is 24.3 Å². The first-order valence-electron chi connectivity index (χ1n) is 9.80. The highest BCUT2D eigenvalue weighted by molar-refractivity contribution is 5.93. The van der Waals surface area contributed by atoms with Crippen molar-refractivity contribution in [1.82, 2.24) is 9.47 Å². The van der Waals surface area contributed by atoms with Gasteiger partial charge < -0.3 is 14.6 Å². The molecule has 0 radical (unpaired) electrons. The van der Waals surface area contributed by atoms with E-state index in [0.29, 0.717) is 31.0 Å². The third-order valence-corrected chi connectivity index (χ3v) is 5.32. The molecule has 1 aromatic carbocycles. The molecule has 1 fully saturated rings. The number of halogens is 1. The van der Waals surface area contributed by atoms with Crippen LogP contribution in [-0.4, -0.2) is 47.2 Å². The lowest BCUT2D eigenvalue weighted by Gasteiger charge is -2.34. The Bertz CT molecular complexity index is 920. The zero-order valence-electron chi connectivity index (χ0n) is 17.3. The van der Waals surface area contributed by atoms with Gasteiger partial charge in [-0.2, -0.15) is 5.26 Å². The van der Waals surface area contributed by atoms with Gasteiger partial charge in [0.2, 0.25) is 5.91 Å². The molecule has 0 aliphatic carbocycles. The number of ether oxygens (including phenoxy) is 1. The van der Waals surface area contributed by atoms with Crippen LogP contribution in [0.1, 0.15) is 36.2 Å². The average molecular weight is 398 g/mol. The average Bonchev–Trinajstić information content (AvgIpc) is 2.86. The van der Waals surface area contributed by atoms with Crippen LogP contribution in [-0.2, 0) is 16.1 Å². The first-order valence-corrected chi connectivity index (χ1v) is 9.80. The van der Waals surface area contributed by atoms with Crippen LogP contribution >= 0.6 is 0 Å². The van der Waals surface area contributed by atoms with E-state index in [0.717, 1.165) is 16.8 Å². The molecule has 1 amide bonds. The molecule has 154 valence electrons. The van der Waals surface area contributed by atoms with Crippen LogP contribution < -0.4 is 5.32 Å². The number of carbonyl (C=O) groups excluding carboxylic acids is 1. The van der Waals surface area contributed by atoms with Gasteiger partial charge in [0.15, 0.2) is 0 Å². The van der Waals surface area contributed by atoms with Gasteiger partial charge >= 0.3 is 0 Å². The normalized spacial score (nSPS) is 19.7. The molecule has 1 aliphatic heterocycles. The number of carbonyl (C=O) groups is 1. The van der Waals surface area contributed by atoms with Crippen molar-refractivity contribution in [2.24, 2.45) is 0 Å². The topological polar surface area (TPSA) is 70.3 Å². The monoisotopic (exact) mass is 398 g/mol. The van der Waals surface area contributed by atoms with E-state index < -0.39 is 0 Å². The number of benzene rings is 1. The summed E-state index contributed by atoms with van der Waals surface area (Å²) >= 11 is 0. The zero-order valence-corrected chi connectivity index (χ0v) is 17.3. The molecule has 0 bridgehead atoms. The van der Waals surface area contributed by atoms with Crippen molar-refractivity contribution in [2.45, 2.75) is 46.4 Å². The standard InChI is InChI=1S/C22H27FN4O2/c1-14-10-26(11-15(2)29-14)13-21(28)25-22-20(9-24)16(3)17(4)27(22)12-18-5-7-19(23)8-6-18/h5-8,14-15H,10-13H2,1-4H3,(H,25,28)/t14-,15+. The second-order valence-electron chi connectivity index (χ2n) is 7.76. The molecule has 1 saturated heterocycles. The van der Waals surface area contributed by atoms with E-state index in [1.165, 1.54) is 12.1 Å². The summed E-state index contributed by atoms with van der Waals surface area (Å²) in [4.78, 5) is 14.8. The van der Waals surface area contributed by atoms with Gasteiger partial charge in [0, 0.05) is 25.3 Å². The highest BCUT2D eigenvalue weighted by Crippen LogP contribution is 2.27. The molecule has 0 spiro atoms. The number of nitrogens with zero attached hydrogens (tertiary/aromatic N) is 3. The first kappa shape index (κ1) is 21.0. The molecule has 2 atom stereocenters. The second-order valence-corrected chi connectivity index (χ2v) is 7.76. The summed E-state index contributed by atoms with van der Waals surface area (Å²) in [6, 6.07) is 8.44. The van der Waals surface area contributed by atoms with Crippen LogP contribution in [0.3, 0.4) is 0 Å². The number of anilines is 1. The van der Waals surface area contributed by atoms with Gasteiger partial charge in [-0.15, -0.1) is 0 Å². The first-order chi connectivity index (χ1) is 13.8. The molecule has 2 heterocycles. The molecule has 1 aromatic heterocycles. The van der Waals surface area contributed by atoms with Crippen LogP contribution in [0, 0.1) is 31.0 Å². The summed E-state index contributed by atoms with van der Waals surface area (Å²) in [5, 5.41) is 12.6. The lowest BCUT2D eigenvalue weighted by Crippen LogP contribution is -2.48. The Kier molecular flexibility index (Phi) is 6.36. The molecular weight excluding hydrogens is 371 g/mol. The maximum absolute atomic E-state index is 13.2. The lowest BCUT2D eigenvalue weighted by molar-refractivity contribution is -0.121. The highest BCUT2D eigenvalue weighted by atomic mass is 19.1. The number of hydrogen-bond acceptors (Lipinski definition) is 4. The molecule has 29 heavy (non-hydrogen) atoms. The van der Waals surface area contributed by atoms with Crippen LogP contribution in [0.2, 0.25) is 0 Å². The van der Waals surface area contributed by atoms with Crippen LogP contribution in [0.15, 0.2) is 24.3 Å². The van der Waals surface area contributed by atoms with E-state index >= 15 is 0 Å². The Hall–Kier alpha value is -2.69. The van der Waals surface area contributed by atoms with Crippen molar-refractivity contribution in [3.05, 3.63) is 52.5 Å². The van der Waals surface area contributed by atoms with Crippen LogP contribution in [0.25, 0.3) is 0 Å². The summed E-state index contributed by atoms with van der Waals surface area (Å²) in [7, 11) is 0. The Balaban J connectivity index is 1.82. The second kappa shape index (κ2) is 8.76. The third kappa shape index (κ3) is 4.84. The minimum Gasteiger partial charge on any atom is -0.373 e. The highest BCUT2D eigenvalue weighted by Gasteiger charge is 2.25. The Morgan fingerprint density at radius 2 is 1.86 bits per heavy atom. The lowest BCUT2D eigenvalue weighted by atomic mass is 10.2. The van der Waals surface area contributed by atoms with Crippen LogP contribution in [0.4, 0.5) is 10.2 Å². The number of morpholine rings is 1. The SMILES string of the molecule is Cc1c(C#N)c(NC(=O)CN2C[C@@H](C)O[C@@H](C)C2)n(Cc2ccc(F)cc2)c1C. The number of rotatable bonds is 5. The minimum absolute atomic E-state index is 0.0769. The number of amides is 1. The van der Waals surface area contributed by atoms with Gasteiger partial charge in [-0.1, -0.05) is 12.1 Å². The smallest absolute Gasteiger partial charge is 0.239 e. The van der Waals surface area contributed by atoms with Crippen molar-refractivity contribution in [2.75, 3.05) is 25.0 Å². The minimum atomic E-state index is -0.297. The maximum Gasteiger partial charge on any atom is 0.239 e. The quantitative estimate of drug-likeness (QED) is 0.840. The van der Waals surface area contributed by atoms with E-state index in [2.05, 4.69) is 16.3 Å². The fourth-order valence-corrected chi connectivity index (χ4v) is 3.89. The van der Waals surface area contributed by atoms with Crippen molar-refractivity contribution in [3.63, 3.8) is 0 Å². The van der Waals surface area contributed by atoms with Gasteiger partial charge in [-0.3, -0.25) is 9.69 Å². The fourth-order valence-electron chi connectivity index (χ4n) is 3.89. The molecular formula is C22H27FN4O2. The summed E-state index contributed by atoms with van der Waals surface area (Å²) < 4.78 is 20.9. The molecule has 7 heteroatoms. The molecule has 0 saturated carbocycles. The predicted molar refractivity (Wildman–Crippen MR) is 109 cm³/mol. The molecule has 1 aliphatic rings.